The maximum atomic E-state index is 12.8. The van der Waals surface area contributed by atoms with Gasteiger partial charge >= 0.3 is 16.4 Å². The highest BCUT2D eigenvalue weighted by molar-refractivity contribution is 7.80. The molecule has 1 rings (SSSR count). The van der Waals surface area contributed by atoms with Crippen LogP contribution in [0.25, 0.3) is 0 Å². The molecule has 0 aliphatic carbocycles. The molecule has 0 aromatic heterocycles. The van der Waals surface area contributed by atoms with E-state index in [1.54, 1.807) is 0 Å². The number of ether oxygens (including phenoxy) is 4. The minimum Gasteiger partial charge on any atom is -0.457 e. The Balaban J connectivity index is 2.20. The molecule has 1 heterocycles. The smallest absolute Gasteiger partial charge is 0.397 e. The molecule has 0 aromatic carbocycles. The van der Waals surface area contributed by atoms with Crippen molar-refractivity contribution in [3.63, 3.8) is 0 Å². The van der Waals surface area contributed by atoms with E-state index in [4.69, 9.17) is 23.5 Å². The van der Waals surface area contributed by atoms with Crippen LogP contribution in [0.1, 0.15) is 239 Å². The molecule has 6 atom stereocenters. The fraction of sp³-hybridized carbons (Fsp3) is 0.979. The average molecular weight is 895 g/mol. The molecule has 1 aliphatic heterocycles. The SMILES string of the molecule is CCCCCCCCCCCCCCCCCCCCCCCCCCCCOCC(COC1OC(CO)C(O)C(OS(=O)(=O)O)C1O)OC(=O)CCCCCCCCCC. The van der Waals surface area contributed by atoms with Gasteiger partial charge in [-0.3, -0.25) is 9.35 Å². The molecule has 0 saturated carbocycles. The van der Waals surface area contributed by atoms with E-state index in [0.29, 0.717) is 13.0 Å². The molecular weight excluding hydrogens is 801 g/mol. The molecule has 0 aromatic rings. The molecule has 0 amide bonds. The van der Waals surface area contributed by atoms with Crippen molar-refractivity contribution < 1.29 is 56.2 Å². The lowest BCUT2D eigenvalue weighted by Crippen LogP contribution is -2.60. The Morgan fingerprint density at radius 3 is 1.31 bits per heavy atom. The summed E-state index contributed by atoms with van der Waals surface area (Å²) in [6.45, 7) is 4.00. The van der Waals surface area contributed by atoms with Crippen LogP contribution < -0.4 is 0 Å². The largest absolute Gasteiger partial charge is 0.457 e. The first-order valence-electron chi connectivity index (χ1n) is 25.3. The predicted molar refractivity (Wildman–Crippen MR) is 244 cm³/mol. The first kappa shape index (κ1) is 58.1. The van der Waals surface area contributed by atoms with Crippen LogP contribution in [0.3, 0.4) is 0 Å². The van der Waals surface area contributed by atoms with Crippen LogP contribution in [-0.4, -0.2) is 97.5 Å². The zero-order valence-electron chi connectivity index (χ0n) is 39.0. The number of aliphatic hydroxyl groups excluding tert-OH is 3. The van der Waals surface area contributed by atoms with E-state index in [-0.39, 0.29) is 19.6 Å². The topological polar surface area (TPSA) is 178 Å². The zero-order valence-corrected chi connectivity index (χ0v) is 39.8. The van der Waals surface area contributed by atoms with E-state index in [9.17, 15) is 28.5 Å². The first-order valence-corrected chi connectivity index (χ1v) is 26.7. The van der Waals surface area contributed by atoms with Gasteiger partial charge in [-0.05, 0) is 12.8 Å². The Labute approximate surface area is 373 Å². The highest BCUT2D eigenvalue weighted by Crippen LogP contribution is 2.26. The minimum atomic E-state index is -5.05. The van der Waals surface area contributed by atoms with Gasteiger partial charge in [-0.15, -0.1) is 0 Å². The van der Waals surface area contributed by atoms with Crippen LogP contribution in [-0.2, 0) is 38.3 Å². The number of hydrogen-bond acceptors (Lipinski definition) is 11. The summed E-state index contributed by atoms with van der Waals surface area (Å²) in [7, 11) is -5.05. The van der Waals surface area contributed by atoms with Crippen LogP contribution in [0, 0.1) is 0 Å². The second-order valence-corrected chi connectivity index (χ2v) is 18.8. The second kappa shape index (κ2) is 40.6. The molecule has 0 radical (unpaired) electrons. The van der Waals surface area contributed by atoms with Gasteiger partial charge in [-0.25, -0.2) is 4.18 Å². The third-order valence-electron chi connectivity index (χ3n) is 12.0. The maximum absolute atomic E-state index is 12.8. The van der Waals surface area contributed by atoms with Crippen molar-refractivity contribution in [3.8, 4) is 0 Å². The van der Waals surface area contributed by atoms with Crippen LogP contribution in [0.15, 0.2) is 0 Å². The van der Waals surface area contributed by atoms with Crippen molar-refractivity contribution in [1.82, 2.24) is 0 Å². The summed E-state index contributed by atoms with van der Waals surface area (Å²) in [5.74, 6) is -0.398. The van der Waals surface area contributed by atoms with Gasteiger partial charge in [0.05, 0.1) is 19.8 Å². The number of rotatable bonds is 45. The molecule has 6 unspecified atom stereocenters. The number of esters is 1. The number of carbonyl (C=O) groups excluding carboxylic acids is 1. The summed E-state index contributed by atoms with van der Waals surface area (Å²) in [6, 6.07) is 0. The van der Waals surface area contributed by atoms with Crippen LogP contribution in [0.5, 0.6) is 0 Å². The average Bonchev–Trinajstić information content (AvgIpc) is 3.23. The van der Waals surface area contributed by atoms with Gasteiger partial charge in [-0.2, -0.15) is 8.42 Å². The van der Waals surface area contributed by atoms with Crippen molar-refractivity contribution in [1.29, 1.82) is 0 Å². The lowest BCUT2D eigenvalue weighted by molar-refractivity contribution is -0.301. The Hall–Kier alpha value is -0.900. The molecule has 1 aliphatic rings. The number of carbonyl (C=O) groups is 1. The summed E-state index contributed by atoms with van der Waals surface area (Å²) in [5.41, 5.74) is 0. The Morgan fingerprint density at radius 1 is 0.557 bits per heavy atom. The van der Waals surface area contributed by atoms with E-state index in [1.165, 1.54) is 173 Å². The maximum Gasteiger partial charge on any atom is 0.397 e. The molecular formula is C48H94O12S. The molecule has 61 heavy (non-hydrogen) atoms. The molecule has 0 bridgehead atoms. The lowest BCUT2D eigenvalue weighted by atomic mass is 9.99. The predicted octanol–water partition coefficient (Wildman–Crippen LogP) is 11.3. The van der Waals surface area contributed by atoms with Gasteiger partial charge in [0.2, 0.25) is 0 Å². The molecule has 12 nitrogen and oxygen atoms in total. The quantitative estimate of drug-likeness (QED) is 0.0259. The minimum absolute atomic E-state index is 0.0441. The fourth-order valence-corrected chi connectivity index (χ4v) is 8.65. The Bertz CT molecular complexity index is 1080. The van der Waals surface area contributed by atoms with E-state index >= 15 is 0 Å². The highest BCUT2D eigenvalue weighted by Gasteiger charge is 2.48. The third-order valence-corrected chi connectivity index (χ3v) is 12.4. The highest BCUT2D eigenvalue weighted by atomic mass is 32.3. The molecule has 1 fully saturated rings. The number of aliphatic hydroxyl groups is 3. The van der Waals surface area contributed by atoms with Crippen molar-refractivity contribution in [3.05, 3.63) is 0 Å². The van der Waals surface area contributed by atoms with E-state index in [0.717, 1.165) is 38.5 Å². The van der Waals surface area contributed by atoms with E-state index < -0.39 is 59.8 Å². The van der Waals surface area contributed by atoms with Gasteiger partial charge < -0.3 is 34.3 Å². The normalized spacial score (nSPS) is 20.0. The monoisotopic (exact) mass is 895 g/mol. The molecule has 0 spiro atoms. The van der Waals surface area contributed by atoms with Crippen molar-refractivity contribution in [2.24, 2.45) is 0 Å². The first-order chi connectivity index (χ1) is 29.6. The van der Waals surface area contributed by atoms with Gasteiger partial charge in [0, 0.05) is 13.0 Å². The Kier molecular flexibility index (Phi) is 38.7. The third kappa shape index (κ3) is 34.2. The standard InChI is InChI=1S/C48H94O12S/c1-3-5-7-9-11-13-14-15-16-17-18-19-20-21-22-23-24-25-26-27-28-29-30-32-34-36-38-56-40-42(58-44(50)37-35-33-31-12-10-8-6-4-2)41-57-48-46(52)47(60-61(53,54)55)45(51)43(39-49)59-48/h42-43,45-49,51-52H,3-41H2,1-2H3,(H,53,54,55). The van der Waals surface area contributed by atoms with Gasteiger partial charge in [-0.1, -0.05) is 219 Å². The second-order valence-electron chi connectivity index (χ2n) is 17.8. The summed E-state index contributed by atoms with van der Waals surface area (Å²) < 4.78 is 59.0. The van der Waals surface area contributed by atoms with Crippen LogP contribution in [0.2, 0.25) is 0 Å². The summed E-state index contributed by atoms with van der Waals surface area (Å²) >= 11 is 0. The molecule has 13 heteroatoms. The Morgan fingerprint density at radius 2 is 0.934 bits per heavy atom. The van der Waals surface area contributed by atoms with Crippen molar-refractivity contribution >= 4 is 16.4 Å². The van der Waals surface area contributed by atoms with Gasteiger partial charge in [0.25, 0.3) is 0 Å². The van der Waals surface area contributed by atoms with Gasteiger partial charge in [0.15, 0.2) is 6.29 Å². The lowest BCUT2D eigenvalue weighted by Gasteiger charge is -2.41. The molecule has 1 saturated heterocycles. The fourth-order valence-electron chi connectivity index (χ4n) is 8.15. The molecule has 4 N–H and O–H groups in total. The summed E-state index contributed by atoms with van der Waals surface area (Å²) in [5, 5.41) is 30.6. The zero-order chi connectivity index (χ0) is 44.7. The van der Waals surface area contributed by atoms with Gasteiger partial charge in [0.1, 0.15) is 30.5 Å². The van der Waals surface area contributed by atoms with Crippen LogP contribution >= 0.6 is 0 Å². The van der Waals surface area contributed by atoms with Crippen molar-refractivity contribution in [2.75, 3.05) is 26.4 Å². The summed E-state index contributed by atoms with van der Waals surface area (Å²) in [4.78, 5) is 12.8. The molecule has 364 valence electrons. The van der Waals surface area contributed by atoms with E-state index in [1.807, 2.05) is 0 Å². The summed E-state index contributed by atoms with van der Waals surface area (Å²) in [6.07, 6.45) is 34.7. The number of hydrogen-bond donors (Lipinski definition) is 4. The van der Waals surface area contributed by atoms with Crippen molar-refractivity contribution in [2.45, 2.75) is 275 Å². The van der Waals surface area contributed by atoms with Crippen LogP contribution in [0.4, 0.5) is 0 Å². The van der Waals surface area contributed by atoms with E-state index in [2.05, 4.69) is 18.0 Å². The number of unbranched alkanes of at least 4 members (excludes halogenated alkanes) is 32.